The zero-order valence-electron chi connectivity index (χ0n) is 17.5. The molecule has 2 aromatic heterocycles. The van der Waals surface area contributed by atoms with Gasteiger partial charge in [-0.25, -0.2) is 13.4 Å². The Morgan fingerprint density at radius 2 is 1.91 bits per heavy atom. The van der Waals surface area contributed by atoms with Crippen molar-refractivity contribution in [1.29, 1.82) is 0 Å². The first-order valence-corrected chi connectivity index (χ1v) is 13.1. The van der Waals surface area contributed by atoms with Crippen molar-refractivity contribution in [2.45, 2.75) is 50.0 Å². The highest BCUT2D eigenvalue weighted by Crippen LogP contribution is 2.33. The molecule has 10 heteroatoms. The average molecular weight is 473 g/mol. The van der Waals surface area contributed by atoms with Gasteiger partial charge in [-0.15, -0.1) is 11.3 Å². The smallest absolute Gasteiger partial charge is 0.262 e. The fraction of sp³-hybridized carbons (Fsp3) is 0.409. The molecule has 168 valence electrons. The number of amides is 1. The van der Waals surface area contributed by atoms with E-state index in [9.17, 15) is 18.0 Å². The SMILES string of the molecule is O=C(Cn1cnc2sc3c(c2c1=O)CCCC3)Nc1cccc(S(=O)(=O)N2CCCC2)c1. The normalized spacial score (nSPS) is 16.9. The molecule has 2 aliphatic rings. The molecule has 1 amide bonds. The second kappa shape index (κ2) is 8.42. The van der Waals surface area contributed by atoms with Crippen LogP contribution in [0.3, 0.4) is 0 Å². The van der Waals surface area contributed by atoms with Crippen molar-refractivity contribution in [3.8, 4) is 0 Å². The van der Waals surface area contributed by atoms with Gasteiger partial charge in [-0.2, -0.15) is 4.31 Å². The molecule has 1 N–H and O–H groups in total. The van der Waals surface area contributed by atoms with Crippen molar-refractivity contribution in [3.63, 3.8) is 0 Å². The Labute approximate surface area is 189 Å². The van der Waals surface area contributed by atoms with Crippen LogP contribution < -0.4 is 10.9 Å². The predicted octanol–water partition coefficient (Wildman–Crippen LogP) is 2.76. The van der Waals surface area contributed by atoms with Crippen LogP contribution in [0.15, 0.2) is 40.3 Å². The fourth-order valence-corrected chi connectivity index (χ4v) is 7.24. The lowest BCUT2D eigenvalue weighted by molar-refractivity contribution is -0.116. The Hall–Kier alpha value is -2.56. The third-order valence-corrected chi connectivity index (χ3v) is 9.17. The monoisotopic (exact) mass is 472 g/mol. The van der Waals surface area contributed by atoms with Crippen LogP contribution in [0, 0.1) is 0 Å². The second-order valence-electron chi connectivity index (χ2n) is 8.26. The van der Waals surface area contributed by atoms with E-state index in [0.717, 1.165) is 48.9 Å². The minimum absolute atomic E-state index is 0.155. The highest BCUT2D eigenvalue weighted by atomic mass is 32.2. The average Bonchev–Trinajstić information content (AvgIpc) is 3.44. The van der Waals surface area contributed by atoms with Crippen LogP contribution in [0.4, 0.5) is 5.69 Å². The first kappa shape index (κ1) is 21.3. The molecule has 32 heavy (non-hydrogen) atoms. The van der Waals surface area contributed by atoms with Gasteiger partial charge in [0.2, 0.25) is 15.9 Å². The Morgan fingerprint density at radius 3 is 2.72 bits per heavy atom. The third-order valence-electron chi connectivity index (χ3n) is 6.08. The molecule has 0 bridgehead atoms. The number of hydrogen-bond donors (Lipinski definition) is 1. The van der Waals surface area contributed by atoms with Crippen LogP contribution in [-0.4, -0.2) is 41.3 Å². The number of sulfonamides is 1. The summed E-state index contributed by atoms with van der Waals surface area (Å²) < 4.78 is 28.4. The van der Waals surface area contributed by atoms with E-state index in [1.807, 2.05) is 0 Å². The molecule has 1 saturated heterocycles. The van der Waals surface area contributed by atoms with Gasteiger partial charge in [-0.1, -0.05) is 6.07 Å². The number of rotatable bonds is 5. The molecule has 0 atom stereocenters. The van der Waals surface area contributed by atoms with Gasteiger partial charge in [-0.3, -0.25) is 14.2 Å². The van der Waals surface area contributed by atoms with E-state index in [2.05, 4.69) is 10.3 Å². The first-order chi connectivity index (χ1) is 15.4. The summed E-state index contributed by atoms with van der Waals surface area (Å²) in [5.74, 6) is -0.409. The molecule has 0 unspecified atom stereocenters. The van der Waals surface area contributed by atoms with Crippen LogP contribution in [0.2, 0.25) is 0 Å². The summed E-state index contributed by atoms with van der Waals surface area (Å²) in [6.45, 7) is 0.850. The van der Waals surface area contributed by atoms with Gasteiger partial charge >= 0.3 is 0 Å². The molecule has 1 aromatic carbocycles. The Bertz CT molecular complexity index is 1350. The van der Waals surface area contributed by atoms with Gasteiger partial charge < -0.3 is 5.32 Å². The quantitative estimate of drug-likeness (QED) is 0.615. The maximum absolute atomic E-state index is 13.0. The van der Waals surface area contributed by atoms with Crippen LogP contribution >= 0.6 is 11.3 Å². The van der Waals surface area contributed by atoms with E-state index >= 15 is 0 Å². The van der Waals surface area contributed by atoms with E-state index in [1.165, 1.54) is 32.2 Å². The largest absolute Gasteiger partial charge is 0.324 e. The predicted molar refractivity (Wildman–Crippen MR) is 124 cm³/mol. The molecule has 1 fully saturated rings. The number of carbonyl (C=O) groups excluding carboxylic acids is 1. The van der Waals surface area contributed by atoms with Gasteiger partial charge in [0.1, 0.15) is 11.4 Å². The summed E-state index contributed by atoms with van der Waals surface area (Å²) in [5.41, 5.74) is 1.27. The van der Waals surface area contributed by atoms with Crippen molar-refractivity contribution in [2.75, 3.05) is 18.4 Å². The topological polar surface area (TPSA) is 101 Å². The second-order valence-corrected chi connectivity index (χ2v) is 11.3. The van der Waals surface area contributed by atoms with Crippen LogP contribution in [0.5, 0.6) is 0 Å². The zero-order valence-corrected chi connectivity index (χ0v) is 19.2. The number of nitrogens with one attached hydrogen (secondary N) is 1. The van der Waals surface area contributed by atoms with Crippen LogP contribution in [0.1, 0.15) is 36.1 Å². The lowest BCUT2D eigenvalue weighted by Gasteiger charge is -2.16. The van der Waals surface area contributed by atoms with Gasteiger partial charge in [0.15, 0.2) is 0 Å². The standard InChI is InChI=1S/C22H24N4O4S2/c27-19(24-15-6-5-7-16(12-15)32(29,30)26-10-3-4-11-26)13-25-14-23-21-20(22(25)28)17-8-1-2-9-18(17)31-21/h5-7,12,14H,1-4,8-11,13H2,(H,24,27). The number of anilines is 1. The molecule has 0 spiro atoms. The third kappa shape index (κ3) is 3.87. The maximum Gasteiger partial charge on any atom is 0.262 e. The highest BCUT2D eigenvalue weighted by Gasteiger charge is 2.27. The summed E-state index contributed by atoms with van der Waals surface area (Å²) in [6.07, 6.45) is 7.17. The number of aromatic nitrogens is 2. The van der Waals surface area contributed by atoms with E-state index < -0.39 is 15.9 Å². The lowest BCUT2D eigenvalue weighted by Crippen LogP contribution is -2.29. The first-order valence-electron chi connectivity index (χ1n) is 10.8. The van der Waals surface area contributed by atoms with Crippen molar-refractivity contribution >= 4 is 43.2 Å². The number of fused-ring (bicyclic) bond motifs is 3. The minimum Gasteiger partial charge on any atom is -0.324 e. The van der Waals surface area contributed by atoms with Gasteiger partial charge in [0.25, 0.3) is 5.56 Å². The number of hydrogen-bond acceptors (Lipinski definition) is 6. The molecule has 0 radical (unpaired) electrons. The Kier molecular flexibility index (Phi) is 5.60. The molecule has 5 rings (SSSR count). The van der Waals surface area contributed by atoms with Gasteiger partial charge in [-0.05, 0) is 62.3 Å². The molecule has 8 nitrogen and oxygen atoms in total. The molecular formula is C22H24N4O4S2. The molecular weight excluding hydrogens is 448 g/mol. The summed E-state index contributed by atoms with van der Waals surface area (Å²) >= 11 is 1.57. The molecule has 1 aliphatic carbocycles. The lowest BCUT2D eigenvalue weighted by atomic mass is 9.97. The van der Waals surface area contributed by atoms with Gasteiger partial charge in [0, 0.05) is 23.7 Å². The van der Waals surface area contributed by atoms with E-state index in [0.29, 0.717) is 24.2 Å². The van der Waals surface area contributed by atoms with Crippen molar-refractivity contribution in [2.24, 2.45) is 0 Å². The Balaban J connectivity index is 1.36. The van der Waals surface area contributed by atoms with E-state index in [4.69, 9.17) is 0 Å². The molecule has 1 aliphatic heterocycles. The Morgan fingerprint density at radius 1 is 1.12 bits per heavy atom. The number of thiophene rings is 1. The number of benzene rings is 1. The van der Waals surface area contributed by atoms with Crippen LogP contribution in [0.25, 0.3) is 10.2 Å². The molecule has 3 heterocycles. The van der Waals surface area contributed by atoms with Crippen molar-refractivity contribution < 1.29 is 13.2 Å². The van der Waals surface area contributed by atoms with E-state index in [-0.39, 0.29) is 17.0 Å². The number of aryl methyl sites for hydroxylation is 2. The summed E-state index contributed by atoms with van der Waals surface area (Å²) in [6, 6.07) is 6.24. The number of carbonyl (C=O) groups is 1. The zero-order chi connectivity index (χ0) is 22.3. The van der Waals surface area contributed by atoms with Crippen molar-refractivity contribution in [1.82, 2.24) is 13.9 Å². The summed E-state index contributed by atoms with van der Waals surface area (Å²) in [4.78, 5) is 32.2. The molecule has 3 aromatic rings. The summed E-state index contributed by atoms with van der Waals surface area (Å²) in [5, 5.41) is 3.36. The van der Waals surface area contributed by atoms with E-state index in [1.54, 1.807) is 23.5 Å². The van der Waals surface area contributed by atoms with Crippen LogP contribution in [-0.2, 0) is 34.2 Å². The number of nitrogens with zero attached hydrogens (tertiary/aromatic N) is 3. The molecule has 0 saturated carbocycles. The summed E-state index contributed by atoms with van der Waals surface area (Å²) in [7, 11) is -3.57. The maximum atomic E-state index is 13.0. The van der Waals surface area contributed by atoms with Crippen molar-refractivity contribution in [3.05, 3.63) is 51.4 Å². The van der Waals surface area contributed by atoms with Gasteiger partial charge in [0.05, 0.1) is 16.6 Å². The minimum atomic E-state index is -3.57. The highest BCUT2D eigenvalue weighted by molar-refractivity contribution is 7.89. The fourth-order valence-electron chi connectivity index (χ4n) is 4.46.